The van der Waals surface area contributed by atoms with Crippen LogP contribution in [0.2, 0.25) is 0 Å². The molecule has 5 rings (SSSR count). The molecule has 0 spiro atoms. The van der Waals surface area contributed by atoms with E-state index in [1.54, 1.807) is 38.1 Å². The summed E-state index contributed by atoms with van der Waals surface area (Å²) in [5.41, 5.74) is 3.12. The second kappa shape index (κ2) is 10.6. The second-order valence-electron chi connectivity index (χ2n) is 9.42. The van der Waals surface area contributed by atoms with E-state index in [9.17, 15) is 19.5 Å². The van der Waals surface area contributed by atoms with Crippen LogP contribution >= 0.6 is 11.3 Å². The van der Waals surface area contributed by atoms with Crippen molar-refractivity contribution in [1.29, 1.82) is 0 Å². The van der Waals surface area contributed by atoms with Crippen molar-refractivity contribution in [1.82, 2.24) is 14.4 Å². The van der Waals surface area contributed by atoms with Gasteiger partial charge in [0.25, 0.3) is 5.78 Å². The number of rotatable bonds is 7. The highest BCUT2D eigenvalue weighted by Crippen LogP contribution is 2.44. The number of nitrogens with zero attached hydrogens (tertiary/aromatic N) is 4. The molecule has 1 atom stereocenters. The van der Waals surface area contributed by atoms with Crippen molar-refractivity contribution >= 4 is 45.5 Å². The number of ether oxygens (including phenoxy) is 2. The van der Waals surface area contributed by atoms with E-state index < -0.39 is 23.7 Å². The lowest BCUT2D eigenvalue weighted by Crippen LogP contribution is -2.29. The van der Waals surface area contributed by atoms with Gasteiger partial charge in [-0.25, -0.2) is 14.8 Å². The molecule has 1 amide bonds. The first-order chi connectivity index (χ1) is 19.2. The Morgan fingerprint density at radius 1 is 1.10 bits per heavy atom. The Morgan fingerprint density at radius 2 is 1.82 bits per heavy atom. The van der Waals surface area contributed by atoms with Crippen LogP contribution < -0.4 is 9.64 Å². The molecule has 40 heavy (non-hydrogen) atoms. The van der Waals surface area contributed by atoms with Crippen LogP contribution in [0.4, 0.5) is 5.13 Å². The number of aliphatic hydroxyl groups excluding tert-OH is 1. The van der Waals surface area contributed by atoms with E-state index in [-0.39, 0.29) is 27.0 Å². The minimum absolute atomic E-state index is 0.121. The van der Waals surface area contributed by atoms with Gasteiger partial charge in [-0.05, 0) is 56.5 Å². The molecule has 1 aliphatic rings. The van der Waals surface area contributed by atoms with Crippen LogP contribution in [0, 0.1) is 20.8 Å². The molecule has 0 saturated carbocycles. The fourth-order valence-electron chi connectivity index (χ4n) is 4.75. The number of amides is 1. The number of hydrogen-bond donors (Lipinski definition) is 1. The molecule has 11 heteroatoms. The third-order valence-corrected chi connectivity index (χ3v) is 7.92. The number of esters is 1. The maximum absolute atomic E-state index is 13.6. The topological polar surface area (TPSA) is 123 Å². The summed E-state index contributed by atoms with van der Waals surface area (Å²) in [6.07, 6.45) is 2.66. The predicted octanol–water partition coefficient (Wildman–Crippen LogP) is 4.92. The number of thiazole rings is 1. The number of anilines is 1. The van der Waals surface area contributed by atoms with E-state index in [0.717, 1.165) is 23.3 Å². The van der Waals surface area contributed by atoms with Crippen LogP contribution in [0.15, 0.2) is 48.2 Å². The summed E-state index contributed by atoms with van der Waals surface area (Å²) in [4.78, 5) is 49.9. The lowest BCUT2D eigenvalue weighted by molar-refractivity contribution is -0.132. The standard InChI is InChI=1S/C29H28N4O6S/c1-6-14-39-19-11-9-18(10-12-19)22-20(23(34)21-17(4)32-13-7-8-15(2)26(32)31-21)24(35)27(36)33(22)29-30-16(3)25(40-29)28(37)38-5/h7-13,22,34H,6,14H2,1-5H3/b23-20+. The first-order valence-electron chi connectivity index (χ1n) is 12.7. The van der Waals surface area contributed by atoms with Crippen LogP contribution in [-0.2, 0) is 14.3 Å². The molecule has 4 heterocycles. The molecule has 1 unspecified atom stereocenters. The van der Waals surface area contributed by atoms with Gasteiger partial charge in [-0.15, -0.1) is 0 Å². The van der Waals surface area contributed by atoms with Crippen molar-refractivity contribution in [2.75, 3.05) is 18.6 Å². The smallest absolute Gasteiger partial charge is 0.350 e. The summed E-state index contributed by atoms with van der Waals surface area (Å²) >= 11 is 0.945. The molecule has 1 N–H and O–H groups in total. The quantitative estimate of drug-likeness (QED) is 0.146. The molecule has 0 bridgehead atoms. The zero-order valence-electron chi connectivity index (χ0n) is 22.7. The number of aliphatic hydroxyl groups is 1. The summed E-state index contributed by atoms with van der Waals surface area (Å²) in [5, 5.41) is 11.8. The van der Waals surface area contributed by atoms with Gasteiger partial charge in [-0.1, -0.05) is 36.5 Å². The van der Waals surface area contributed by atoms with Crippen LogP contribution in [0.3, 0.4) is 0 Å². The lowest BCUT2D eigenvalue weighted by Gasteiger charge is -2.23. The number of benzene rings is 1. The largest absolute Gasteiger partial charge is 0.505 e. The number of hydrogen-bond acceptors (Lipinski definition) is 9. The molecule has 0 aliphatic carbocycles. The number of aryl methyl sites for hydroxylation is 3. The van der Waals surface area contributed by atoms with Gasteiger partial charge in [0.1, 0.15) is 22.0 Å². The van der Waals surface area contributed by atoms with Crippen LogP contribution in [-0.4, -0.2) is 50.9 Å². The number of aromatic nitrogens is 3. The van der Waals surface area contributed by atoms with Crippen molar-refractivity contribution in [2.45, 2.75) is 40.2 Å². The highest BCUT2D eigenvalue weighted by atomic mass is 32.1. The van der Waals surface area contributed by atoms with Gasteiger partial charge in [-0.2, -0.15) is 0 Å². The Hall–Kier alpha value is -4.51. The number of fused-ring (bicyclic) bond motifs is 1. The molecular formula is C29H28N4O6S. The van der Waals surface area contributed by atoms with Gasteiger partial charge in [0, 0.05) is 6.20 Å². The Labute approximate surface area is 234 Å². The van der Waals surface area contributed by atoms with Crippen molar-refractivity contribution in [3.05, 3.63) is 81.3 Å². The van der Waals surface area contributed by atoms with Gasteiger partial charge < -0.3 is 19.0 Å². The van der Waals surface area contributed by atoms with E-state index in [4.69, 9.17) is 9.47 Å². The third-order valence-electron chi connectivity index (χ3n) is 6.78. The van der Waals surface area contributed by atoms with Crippen LogP contribution in [0.5, 0.6) is 5.75 Å². The maximum atomic E-state index is 13.6. The highest BCUT2D eigenvalue weighted by Gasteiger charge is 2.49. The minimum Gasteiger partial charge on any atom is -0.505 e. The summed E-state index contributed by atoms with van der Waals surface area (Å²) < 4.78 is 12.4. The molecule has 1 aliphatic heterocycles. The molecule has 206 valence electrons. The lowest BCUT2D eigenvalue weighted by atomic mass is 9.96. The number of carbonyl (C=O) groups is 3. The molecule has 3 aromatic heterocycles. The van der Waals surface area contributed by atoms with E-state index in [1.807, 2.05) is 36.6 Å². The fraction of sp³-hybridized carbons (Fsp3) is 0.276. The van der Waals surface area contributed by atoms with E-state index in [0.29, 0.717) is 35.0 Å². The first-order valence-corrected chi connectivity index (χ1v) is 13.5. The summed E-state index contributed by atoms with van der Waals surface area (Å²) in [7, 11) is 1.26. The number of pyridine rings is 1. The molecular weight excluding hydrogens is 532 g/mol. The van der Waals surface area contributed by atoms with Gasteiger partial charge in [-0.3, -0.25) is 14.5 Å². The zero-order valence-corrected chi connectivity index (χ0v) is 23.5. The Balaban J connectivity index is 1.71. The number of imidazole rings is 1. The van der Waals surface area contributed by atoms with Gasteiger partial charge >= 0.3 is 11.9 Å². The molecule has 1 aromatic carbocycles. The Bertz CT molecular complexity index is 1680. The van der Waals surface area contributed by atoms with Crippen molar-refractivity contribution < 1.29 is 29.0 Å². The maximum Gasteiger partial charge on any atom is 0.350 e. The van der Waals surface area contributed by atoms with Gasteiger partial charge in [0.2, 0.25) is 0 Å². The normalized spacial score (nSPS) is 16.6. The van der Waals surface area contributed by atoms with Gasteiger partial charge in [0.05, 0.1) is 36.7 Å². The average molecular weight is 561 g/mol. The zero-order chi connectivity index (χ0) is 28.7. The SMILES string of the molecule is CCCOc1ccc(C2/C(=C(\O)c3nc4c(C)cccn4c3C)C(=O)C(=O)N2c2nc(C)c(C(=O)OC)s2)cc1. The number of methoxy groups -OCH3 is 1. The number of ketones is 1. The third kappa shape index (κ3) is 4.41. The van der Waals surface area contributed by atoms with E-state index in [1.165, 1.54) is 12.0 Å². The second-order valence-corrected chi connectivity index (χ2v) is 10.4. The van der Waals surface area contributed by atoms with Crippen molar-refractivity contribution in [3.8, 4) is 5.75 Å². The monoisotopic (exact) mass is 560 g/mol. The summed E-state index contributed by atoms with van der Waals surface area (Å²) in [6, 6.07) is 9.72. The van der Waals surface area contributed by atoms with Crippen LogP contribution in [0.1, 0.15) is 57.3 Å². The van der Waals surface area contributed by atoms with E-state index >= 15 is 0 Å². The Kier molecular flexibility index (Phi) is 7.16. The first kappa shape index (κ1) is 27.1. The Morgan fingerprint density at radius 3 is 2.48 bits per heavy atom. The number of Topliss-reactive ketones (excluding diaryl/α,β-unsaturated/α-hetero) is 1. The number of carbonyl (C=O) groups excluding carboxylic acids is 3. The summed E-state index contributed by atoms with van der Waals surface area (Å²) in [5.74, 6) is -2.11. The molecule has 0 radical (unpaired) electrons. The molecule has 1 fully saturated rings. The molecule has 10 nitrogen and oxygen atoms in total. The average Bonchev–Trinajstić information content (AvgIpc) is 3.59. The van der Waals surface area contributed by atoms with Crippen LogP contribution in [0.25, 0.3) is 11.4 Å². The predicted molar refractivity (Wildman–Crippen MR) is 150 cm³/mol. The molecule has 4 aromatic rings. The van der Waals surface area contributed by atoms with Crippen molar-refractivity contribution in [3.63, 3.8) is 0 Å². The van der Waals surface area contributed by atoms with Crippen molar-refractivity contribution in [2.24, 2.45) is 0 Å². The molecule has 1 saturated heterocycles. The summed E-state index contributed by atoms with van der Waals surface area (Å²) in [6.45, 7) is 7.85. The highest BCUT2D eigenvalue weighted by molar-refractivity contribution is 7.17. The van der Waals surface area contributed by atoms with Gasteiger partial charge in [0.15, 0.2) is 10.9 Å². The fourth-order valence-corrected chi connectivity index (χ4v) is 5.76. The van der Waals surface area contributed by atoms with E-state index in [2.05, 4.69) is 9.97 Å². The minimum atomic E-state index is -1.03.